The van der Waals surface area contributed by atoms with Crippen LogP contribution in [0.2, 0.25) is 0 Å². The third kappa shape index (κ3) is 7.45. The Labute approximate surface area is 268 Å². The number of aryl methyl sites for hydroxylation is 1. The maximum Gasteiger partial charge on any atom is 0.308 e. The second kappa shape index (κ2) is 14.2. The number of ether oxygens (including phenoxy) is 2. The number of carbonyl (C=O) groups is 2. The molecule has 0 N–H and O–H groups in total. The number of anilines is 1. The van der Waals surface area contributed by atoms with Gasteiger partial charge in [0.05, 0.1) is 31.9 Å². The largest absolute Gasteiger partial charge is 0.496 e. The molecule has 0 saturated heterocycles. The SMILES string of the molecule is CCCOC(=O)C1CCC(C(=O)N(CC2CCC(c3ccc(OC)c(C)c3)CC2)c2cccc(-c3cnn(C4CC4)c3)c2)CC1. The van der Waals surface area contributed by atoms with E-state index in [0.717, 1.165) is 86.9 Å². The topological polar surface area (TPSA) is 73.7 Å². The summed E-state index contributed by atoms with van der Waals surface area (Å²) in [6.07, 6.45) is 14.7. The summed E-state index contributed by atoms with van der Waals surface area (Å²) < 4.78 is 13.0. The Bertz CT molecular complexity index is 1460. The van der Waals surface area contributed by atoms with Crippen LogP contribution >= 0.6 is 0 Å². The van der Waals surface area contributed by atoms with Crippen molar-refractivity contribution in [2.75, 3.05) is 25.2 Å². The summed E-state index contributed by atoms with van der Waals surface area (Å²) in [7, 11) is 1.73. The van der Waals surface area contributed by atoms with E-state index in [2.05, 4.69) is 70.3 Å². The van der Waals surface area contributed by atoms with Crippen molar-refractivity contribution in [1.82, 2.24) is 9.78 Å². The standard InChI is InChI=1S/C38H49N3O4/c1-4-20-45-38(43)30-14-12-29(13-15-30)37(42)40(35-7-5-6-31(22-35)33-23-39-41(25-33)34-17-18-34)24-27-8-10-28(11-9-27)32-16-19-36(44-3)26(2)21-32/h5-7,16,19,21-23,25,27-30,34H,4,8-15,17-18,20,24H2,1-3H3. The molecule has 7 nitrogen and oxygen atoms in total. The first-order valence-corrected chi connectivity index (χ1v) is 17.2. The molecule has 0 bridgehead atoms. The summed E-state index contributed by atoms with van der Waals surface area (Å²) in [6, 6.07) is 15.6. The molecule has 3 aliphatic carbocycles. The third-order valence-corrected chi connectivity index (χ3v) is 10.3. The number of methoxy groups -OCH3 is 1. The summed E-state index contributed by atoms with van der Waals surface area (Å²) in [4.78, 5) is 28.9. The van der Waals surface area contributed by atoms with Crippen LogP contribution in [0.15, 0.2) is 54.9 Å². The van der Waals surface area contributed by atoms with Gasteiger partial charge in [-0.3, -0.25) is 14.3 Å². The minimum Gasteiger partial charge on any atom is -0.496 e. The van der Waals surface area contributed by atoms with Gasteiger partial charge in [-0.05, 0) is 124 Å². The number of hydrogen-bond donors (Lipinski definition) is 0. The van der Waals surface area contributed by atoms with Gasteiger partial charge in [-0.25, -0.2) is 0 Å². The number of aromatic nitrogens is 2. The molecule has 2 aromatic carbocycles. The Kier molecular flexibility index (Phi) is 9.91. The van der Waals surface area contributed by atoms with Gasteiger partial charge >= 0.3 is 5.97 Å². The van der Waals surface area contributed by atoms with E-state index in [4.69, 9.17) is 9.47 Å². The molecule has 1 amide bonds. The number of carbonyl (C=O) groups excluding carboxylic acids is 2. The van der Waals surface area contributed by atoms with Crippen LogP contribution in [-0.2, 0) is 14.3 Å². The van der Waals surface area contributed by atoms with E-state index in [1.165, 1.54) is 24.0 Å². The highest BCUT2D eigenvalue weighted by Crippen LogP contribution is 2.40. The zero-order valence-corrected chi connectivity index (χ0v) is 27.2. The van der Waals surface area contributed by atoms with Gasteiger partial charge in [0.1, 0.15) is 5.75 Å². The normalized spacial score (nSPS) is 23.4. The van der Waals surface area contributed by atoms with E-state index in [-0.39, 0.29) is 23.7 Å². The fraction of sp³-hybridized carbons (Fsp3) is 0.553. The summed E-state index contributed by atoms with van der Waals surface area (Å²) in [5.74, 6) is 1.89. The minimum absolute atomic E-state index is 0.0693. The zero-order chi connectivity index (χ0) is 31.3. The highest BCUT2D eigenvalue weighted by Gasteiger charge is 2.35. The van der Waals surface area contributed by atoms with E-state index < -0.39 is 0 Å². The first kappa shape index (κ1) is 31.4. The summed E-state index contributed by atoms with van der Waals surface area (Å²) in [5.41, 5.74) is 5.74. The van der Waals surface area contributed by atoms with E-state index in [9.17, 15) is 9.59 Å². The van der Waals surface area contributed by atoms with Crippen molar-refractivity contribution in [2.24, 2.45) is 17.8 Å². The third-order valence-electron chi connectivity index (χ3n) is 10.3. The van der Waals surface area contributed by atoms with Gasteiger partial charge < -0.3 is 14.4 Å². The number of rotatable bonds is 11. The highest BCUT2D eigenvalue weighted by molar-refractivity contribution is 5.96. The lowest BCUT2D eigenvalue weighted by molar-refractivity contribution is -0.150. The molecule has 1 aromatic heterocycles. The predicted octanol–water partition coefficient (Wildman–Crippen LogP) is 8.27. The van der Waals surface area contributed by atoms with Crippen molar-refractivity contribution in [3.63, 3.8) is 0 Å². The number of benzene rings is 2. The second-order valence-corrected chi connectivity index (χ2v) is 13.6. The predicted molar refractivity (Wildman–Crippen MR) is 177 cm³/mol. The Morgan fingerprint density at radius 1 is 0.911 bits per heavy atom. The van der Waals surface area contributed by atoms with Crippen molar-refractivity contribution >= 4 is 17.6 Å². The monoisotopic (exact) mass is 611 g/mol. The van der Waals surface area contributed by atoms with Gasteiger partial charge in [0.15, 0.2) is 0 Å². The minimum atomic E-state index is -0.0946. The maximum atomic E-state index is 14.3. The van der Waals surface area contributed by atoms with Crippen molar-refractivity contribution in [3.8, 4) is 16.9 Å². The smallest absolute Gasteiger partial charge is 0.308 e. The van der Waals surface area contributed by atoms with Crippen LogP contribution < -0.4 is 9.64 Å². The zero-order valence-electron chi connectivity index (χ0n) is 27.2. The van der Waals surface area contributed by atoms with Crippen molar-refractivity contribution in [2.45, 2.75) is 96.4 Å². The maximum absolute atomic E-state index is 14.3. The molecular weight excluding hydrogens is 562 g/mol. The number of nitrogens with zero attached hydrogens (tertiary/aromatic N) is 3. The summed E-state index contributed by atoms with van der Waals surface area (Å²) in [5, 5.41) is 4.61. The molecule has 3 saturated carbocycles. The number of hydrogen-bond acceptors (Lipinski definition) is 5. The van der Waals surface area contributed by atoms with Crippen LogP contribution in [0, 0.1) is 24.7 Å². The fourth-order valence-corrected chi connectivity index (χ4v) is 7.41. The molecule has 6 rings (SSSR count). The quantitative estimate of drug-likeness (QED) is 0.204. The van der Waals surface area contributed by atoms with E-state index >= 15 is 0 Å². The highest BCUT2D eigenvalue weighted by atomic mass is 16.5. The lowest BCUT2D eigenvalue weighted by Gasteiger charge is -2.36. The molecule has 3 fully saturated rings. The molecule has 0 radical (unpaired) electrons. The van der Waals surface area contributed by atoms with Crippen LogP contribution in [0.4, 0.5) is 5.69 Å². The van der Waals surface area contributed by atoms with Crippen LogP contribution in [-0.4, -0.2) is 41.9 Å². The molecule has 0 atom stereocenters. The Morgan fingerprint density at radius 2 is 1.67 bits per heavy atom. The van der Waals surface area contributed by atoms with Crippen molar-refractivity contribution in [3.05, 3.63) is 66.0 Å². The Morgan fingerprint density at radius 3 is 2.36 bits per heavy atom. The van der Waals surface area contributed by atoms with Crippen LogP contribution in [0.5, 0.6) is 5.75 Å². The average molecular weight is 612 g/mol. The second-order valence-electron chi connectivity index (χ2n) is 13.6. The molecule has 0 unspecified atom stereocenters. The molecule has 240 valence electrons. The van der Waals surface area contributed by atoms with Gasteiger partial charge in [0.25, 0.3) is 0 Å². The van der Waals surface area contributed by atoms with E-state index in [1.54, 1.807) is 7.11 Å². The summed E-state index contributed by atoms with van der Waals surface area (Å²) >= 11 is 0. The van der Waals surface area contributed by atoms with E-state index in [1.807, 2.05) is 13.1 Å². The van der Waals surface area contributed by atoms with Crippen molar-refractivity contribution < 1.29 is 19.1 Å². The van der Waals surface area contributed by atoms with Gasteiger partial charge in [0, 0.05) is 29.9 Å². The van der Waals surface area contributed by atoms with Crippen molar-refractivity contribution in [1.29, 1.82) is 0 Å². The Balaban J connectivity index is 1.17. The molecular formula is C38H49N3O4. The van der Waals surface area contributed by atoms with Gasteiger partial charge in [-0.1, -0.05) is 31.2 Å². The van der Waals surface area contributed by atoms with Gasteiger partial charge in [-0.2, -0.15) is 5.10 Å². The Hall–Kier alpha value is -3.61. The van der Waals surface area contributed by atoms with Crippen LogP contribution in [0.1, 0.15) is 101 Å². The number of esters is 1. The molecule has 7 heteroatoms. The first-order chi connectivity index (χ1) is 21.9. The van der Waals surface area contributed by atoms with E-state index in [0.29, 0.717) is 24.5 Å². The first-order valence-electron chi connectivity index (χ1n) is 17.2. The van der Waals surface area contributed by atoms with Gasteiger partial charge in [-0.15, -0.1) is 0 Å². The van der Waals surface area contributed by atoms with Crippen LogP contribution in [0.3, 0.4) is 0 Å². The molecule has 0 spiro atoms. The fourth-order valence-electron chi connectivity index (χ4n) is 7.41. The van der Waals surface area contributed by atoms with Crippen LogP contribution in [0.25, 0.3) is 11.1 Å². The summed E-state index contributed by atoms with van der Waals surface area (Å²) in [6.45, 7) is 5.33. The van der Waals surface area contributed by atoms with Gasteiger partial charge in [0.2, 0.25) is 5.91 Å². The molecule has 45 heavy (non-hydrogen) atoms. The number of amides is 1. The molecule has 3 aliphatic rings. The lowest BCUT2D eigenvalue weighted by atomic mass is 9.77. The molecule has 3 aromatic rings. The molecule has 0 aliphatic heterocycles. The molecule has 1 heterocycles. The lowest BCUT2D eigenvalue weighted by Crippen LogP contribution is -2.42. The average Bonchev–Trinajstić information content (AvgIpc) is 3.81.